The van der Waals surface area contributed by atoms with Gasteiger partial charge in [-0.15, -0.1) is 0 Å². The van der Waals surface area contributed by atoms with Crippen LogP contribution < -0.4 is 9.80 Å². The number of rotatable bonds is 25. The van der Waals surface area contributed by atoms with E-state index in [0.29, 0.717) is 39.6 Å². The SMILES string of the molecule is C=C(C)COCc1ccc(N(c2ccc(COCC(=C)C)cc2)c2ccc(-c3ccc(N(c4ccc(COCC(=C)C(=O)OC)cc4)c4ccc(COCC(=C)C(=O)OC)cc4)c(C)c3)cc2C)cc1.O=C=O.O=C=O. The summed E-state index contributed by atoms with van der Waals surface area (Å²) < 4.78 is 32.7. The van der Waals surface area contributed by atoms with Gasteiger partial charge < -0.3 is 38.2 Å². The molecule has 0 aliphatic heterocycles. The molecule has 0 N–H and O–H groups in total. The molecule has 0 unspecified atom stereocenters. The highest BCUT2D eigenvalue weighted by molar-refractivity contribution is 5.88. The molecule has 0 radical (unpaired) electrons. The number of ether oxygens (including phenoxy) is 6. The van der Waals surface area contributed by atoms with Crippen molar-refractivity contribution in [1.29, 1.82) is 0 Å². The third-order valence-electron chi connectivity index (χ3n) is 11.3. The normalized spacial score (nSPS) is 10.2. The van der Waals surface area contributed by atoms with E-state index >= 15 is 0 Å². The van der Waals surface area contributed by atoms with E-state index in [1.54, 1.807) is 0 Å². The number of carbonyl (C=O) groups excluding carboxylic acids is 6. The molecule has 6 aromatic carbocycles. The highest BCUT2D eigenvalue weighted by Crippen LogP contribution is 2.41. The zero-order valence-corrected chi connectivity index (χ0v) is 44.0. The predicted octanol–water partition coefficient (Wildman–Crippen LogP) is 12.4. The van der Waals surface area contributed by atoms with Gasteiger partial charge in [-0.1, -0.05) is 98.1 Å². The number of esters is 2. The molecule has 0 amide bonds. The van der Waals surface area contributed by atoms with Gasteiger partial charge in [-0.05, 0) is 145 Å². The Labute approximate surface area is 445 Å². The van der Waals surface area contributed by atoms with Gasteiger partial charge in [-0.3, -0.25) is 0 Å². The second kappa shape index (κ2) is 31.2. The van der Waals surface area contributed by atoms with Crippen LogP contribution in [0.25, 0.3) is 11.1 Å². The van der Waals surface area contributed by atoms with Crippen molar-refractivity contribution < 1.29 is 57.2 Å². The molecule has 76 heavy (non-hydrogen) atoms. The zero-order chi connectivity index (χ0) is 55.6. The highest BCUT2D eigenvalue weighted by Gasteiger charge is 2.19. The van der Waals surface area contributed by atoms with Crippen molar-refractivity contribution >= 4 is 58.4 Å². The number of nitrogens with zero attached hydrogens (tertiary/aromatic N) is 2. The van der Waals surface area contributed by atoms with Crippen molar-refractivity contribution in [1.82, 2.24) is 0 Å². The Morgan fingerprint density at radius 3 is 0.895 bits per heavy atom. The molecule has 6 aromatic rings. The lowest BCUT2D eigenvalue weighted by Gasteiger charge is -2.28. The van der Waals surface area contributed by atoms with Crippen LogP contribution in [0.1, 0.15) is 47.2 Å². The van der Waals surface area contributed by atoms with Gasteiger partial charge in [0, 0.05) is 34.1 Å². The topological polar surface area (TPSA) is 164 Å². The molecule has 0 saturated heterocycles. The monoisotopic (exact) mass is 1030 g/mol. The van der Waals surface area contributed by atoms with E-state index in [4.69, 9.17) is 47.6 Å². The largest absolute Gasteiger partial charge is 0.466 e. The Morgan fingerprint density at radius 1 is 0.421 bits per heavy atom. The Morgan fingerprint density at radius 2 is 0.671 bits per heavy atom. The molecular formula is C62H64N2O12. The fourth-order valence-electron chi connectivity index (χ4n) is 7.67. The maximum Gasteiger partial charge on any atom is 0.373 e. The minimum Gasteiger partial charge on any atom is -0.466 e. The quantitative estimate of drug-likeness (QED) is 0.0302. The first-order valence-electron chi connectivity index (χ1n) is 23.9. The molecule has 0 atom stereocenters. The highest BCUT2D eigenvalue weighted by atomic mass is 16.5. The molecule has 14 nitrogen and oxygen atoms in total. The molecule has 14 heteroatoms. The van der Waals surface area contributed by atoms with Crippen molar-refractivity contribution in [2.45, 2.75) is 54.1 Å². The van der Waals surface area contributed by atoms with Crippen LogP contribution in [-0.2, 0) is 83.6 Å². The number of hydrogen-bond acceptors (Lipinski definition) is 14. The molecule has 0 aliphatic carbocycles. The second-order valence-corrected chi connectivity index (χ2v) is 17.6. The van der Waals surface area contributed by atoms with Gasteiger partial charge in [-0.25, -0.2) is 9.59 Å². The van der Waals surface area contributed by atoms with Crippen molar-refractivity contribution in [2.75, 3.05) is 50.4 Å². The molecule has 0 spiro atoms. The lowest BCUT2D eigenvalue weighted by atomic mass is 9.98. The minimum absolute atomic E-state index is 0.0704. The van der Waals surface area contributed by atoms with Crippen LogP contribution in [0.2, 0.25) is 0 Å². The third-order valence-corrected chi connectivity index (χ3v) is 11.3. The van der Waals surface area contributed by atoms with Gasteiger partial charge in [0.05, 0.1) is 78.2 Å². The second-order valence-electron chi connectivity index (χ2n) is 17.6. The summed E-state index contributed by atoms with van der Waals surface area (Å²) >= 11 is 0. The molecular weight excluding hydrogens is 965 g/mol. The molecule has 0 aliphatic rings. The van der Waals surface area contributed by atoms with Gasteiger partial charge in [-0.2, -0.15) is 19.2 Å². The standard InChI is InChI=1S/C60H64N2O8.2CO2/c1-41(2)33-67-37-47-11-21-53(22-12-47)61(54-23-13-48(14-24-54)38-68-34-42(3)4)57-29-19-51(31-43(57)5)52-20-30-58(44(6)32-52)62(55-25-15-49(16-26-55)39-69-35-45(7)59(63)65-9)56-27-17-50(18-28-56)40-70-36-46(8)60(64)66-10;2*2-1-3/h11-32H,1,3,7-8,33-40H2,2,4-6,9-10H3;;. The van der Waals surface area contributed by atoms with E-state index in [2.05, 4.69) is 159 Å². The summed E-state index contributed by atoms with van der Waals surface area (Å²) in [5, 5.41) is 0. The smallest absolute Gasteiger partial charge is 0.373 e. The lowest BCUT2D eigenvalue weighted by molar-refractivity contribution is -0.193. The molecule has 0 heterocycles. The van der Waals surface area contributed by atoms with Crippen LogP contribution in [0.3, 0.4) is 0 Å². The summed E-state index contributed by atoms with van der Waals surface area (Å²) in [4.78, 5) is 60.6. The fraction of sp³-hybridized carbons (Fsp3) is 0.226. The van der Waals surface area contributed by atoms with Crippen molar-refractivity contribution in [3.63, 3.8) is 0 Å². The van der Waals surface area contributed by atoms with Crippen LogP contribution in [-0.4, -0.2) is 64.9 Å². The van der Waals surface area contributed by atoms with E-state index in [0.717, 1.165) is 89.8 Å². The molecule has 6 rings (SSSR count). The van der Waals surface area contributed by atoms with Gasteiger partial charge >= 0.3 is 24.2 Å². The van der Waals surface area contributed by atoms with E-state index in [-0.39, 0.29) is 36.7 Å². The van der Waals surface area contributed by atoms with Crippen LogP contribution in [0.15, 0.2) is 182 Å². The summed E-state index contributed by atoms with van der Waals surface area (Å²) in [6, 6.07) is 46.5. The molecule has 0 saturated carbocycles. The van der Waals surface area contributed by atoms with Crippen LogP contribution in [0.5, 0.6) is 0 Å². The van der Waals surface area contributed by atoms with Gasteiger partial charge in [0.25, 0.3) is 0 Å². The molecule has 0 bridgehead atoms. The number of carbonyl (C=O) groups is 2. The van der Waals surface area contributed by atoms with E-state index in [1.807, 2.05) is 38.1 Å². The van der Waals surface area contributed by atoms with Gasteiger partial charge in [0.15, 0.2) is 0 Å². The number of methoxy groups -OCH3 is 2. The van der Waals surface area contributed by atoms with E-state index in [9.17, 15) is 9.59 Å². The van der Waals surface area contributed by atoms with Gasteiger partial charge in [0.2, 0.25) is 0 Å². The average molecular weight is 1030 g/mol. The Hall–Kier alpha value is -8.58. The van der Waals surface area contributed by atoms with E-state index < -0.39 is 11.9 Å². The first-order chi connectivity index (χ1) is 36.6. The van der Waals surface area contributed by atoms with Crippen LogP contribution >= 0.6 is 0 Å². The number of benzene rings is 6. The Kier molecular flexibility index (Phi) is 24.6. The fourth-order valence-corrected chi connectivity index (χ4v) is 7.67. The lowest BCUT2D eigenvalue weighted by Crippen LogP contribution is -2.12. The van der Waals surface area contributed by atoms with E-state index in [1.165, 1.54) is 14.2 Å². The summed E-state index contributed by atoms with van der Waals surface area (Å²) in [7, 11) is 2.64. The van der Waals surface area contributed by atoms with Gasteiger partial charge in [0.1, 0.15) is 0 Å². The average Bonchev–Trinajstić information content (AvgIpc) is 3.41. The predicted molar refractivity (Wildman–Crippen MR) is 291 cm³/mol. The maximum absolute atomic E-state index is 11.8. The summed E-state index contributed by atoms with van der Waals surface area (Å²) in [6.07, 6.45) is 0.500. The first-order valence-corrected chi connectivity index (χ1v) is 23.9. The Bertz CT molecular complexity index is 2830. The molecule has 394 valence electrons. The van der Waals surface area contributed by atoms with Crippen LogP contribution in [0, 0.1) is 13.8 Å². The number of anilines is 6. The molecule has 0 aromatic heterocycles. The van der Waals surface area contributed by atoms with Crippen LogP contribution in [0.4, 0.5) is 34.1 Å². The van der Waals surface area contributed by atoms with Crippen molar-refractivity contribution in [3.05, 3.63) is 215 Å². The van der Waals surface area contributed by atoms with Crippen molar-refractivity contribution in [3.8, 4) is 11.1 Å². The third kappa shape index (κ3) is 18.4. The zero-order valence-electron chi connectivity index (χ0n) is 44.0. The first kappa shape index (κ1) is 60.0. The number of aryl methyl sites for hydroxylation is 2. The summed E-state index contributed by atoms with van der Waals surface area (Å²) in [6.45, 7) is 26.4. The maximum atomic E-state index is 11.8. The summed E-state index contributed by atoms with van der Waals surface area (Å²) in [5.41, 5.74) is 16.9. The van der Waals surface area contributed by atoms with Crippen molar-refractivity contribution in [2.24, 2.45) is 0 Å². The molecule has 0 fully saturated rings. The minimum atomic E-state index is -0.492. The number of hydrogen-bond donors (Lipinski definition) is 0. The Balaban J connectivity index is 0.00000198. The summed E-state index contributed by atoms with van der Waals surface area (Å²) in [5.74, 6) is -0.985.